The fourth-order valence-corrected chi connectivity index (χ4v) is 1.54. The van der Waals surface area contributed by atoms with E-state index >= 15 is 0 Å². The lowest BCUT2D eigenvalue weighted by atomic mass is 10.0. The number of tetrazole rings is 1. The molecule has 0 amide bonds. The van der Waals surface area contributed by atoms with Gasteiger partial charge in [-0.15, -0.1) is 10.2 Å². The zero-order chi connectivity index (χ0) is 11.4. The molecule has 1 aromatic heterocycles. The van der Waals surface area contributed by atoms with Gasteiger partial charge in [0.1, 0.15) is 0 Å². The standard InChI is InChI=1S/C11H15N5/c1-8(12)5-6-9-3-2-4-10(7-9)11-13-15-16-14-11/h2-4,7-8H,5-6,12H2,1H3,(H,13,14,15,16)/t8-/m0/s1. The van der Waals surface area contributed by atoms with E-state index in [0.717, 1.165) is 18.4 Å². The van der Waals surface area contributed by atoms with Gasteiger partial charge in [-0.25, -0.2) is 0 Å². The van der Waals surface area contributed by atoms with Crippen LogP contribution in [-0.2, 0) is 6.42 Å². The number of H-pyrrole nitrogens is 1. The summed E-state index contributed by atoms with van der Waals surface area (Å²) in [6.07, 6.45) is 1.96. The van der Waals surface area contributed by atoms with Gasteiger partial charge in [0, 0.05) is 11.6 Å². The van der Waals surface area contributed by atoms with Crippen LogP contribution in [0.2, 0.25) is 0 Å². The Morgan fingerprint density at radius 3 is 3.00 bits per heavy atom. The molecule has 0 unspecified atom stereocenters. The van der Waals surface area contributed by atoms with E-state index in [-0.39, 0.29) is 6.04 Å². The second kappa shape index (κ2) is 4.85. The van der Waals surface area contributed by atoms with Crippen molar-refractivity contribution in [1.82, 2.24) is 20.6 Å². The molecule has 3 N–H and O–H groups in total. The lowest BCUT2D eigenvalue weighted by molar-refractivity contribution is 0.666. The fraction of sp³-hybridized carbons (Fsp3) is 0.364. The molecule has 5 nitrogen and oxygen atoms in total. The summed E-state index contributed by atoms with van der Waals surface area (Å²) in [5.74, 6) is 0.627. The van der Waals surface area contributed by atoms with Crippen LogP contribution in [0, 0.1) is 0 Å². The normalized spacial score (nSPS) is 12.6. The lowest BCUT2D eigenvalue weighted by Gasteiger charge is -2.05. The number of nitrogens with two attached hydrogens (primary N) is 1. The van der Waals surface area contributed by atoms with Gasteiger partial charge in [-0.1, -0.05) is 18.2 Å². The molecule has 16 heavy (non-hydrogen) atoms. The molecule has 0 fully saturated rings. The van der Waals surface area contributed by atoms with Crippen molar-refractivity contribution in [2.24, 2.45) is 5.73 Å². The molecule has 0 radical (unpaired) electrons. The lowest BCUT2D eigenvalue weighted by Crippen LogP contribution is -2.15. The number of aromatic nitrogens is 4. The van der Waals surface area contributed by atoms with Gasteiger partial charge in [0.15, 0.2) is 0 Å². The van der Waals surface area contributed by atoms with Crippen LogP contribution >= 0.6 is 0 Å². The van der Waals surface area contributed by atoms with Crippen LogP contribution in [0.4, 0.5) is 0 Å². The molecule has 0 aliphatic carbocycles. The van der Waals surface area contributed by atoms with Crippen molar-refractivity contribution >= 4 is 0 Å². The molecule has 5 heteroatoms. The van der Waals surface area contributed by atoms with Gasteiger partial charge in [-0.2, -0.15) is 5.21 Å². The van der Waals surface area contributed by atoms with E-state index in [2.05, 4.69) is 32.8 Å². The monoisotopic (exact) mass is 217 g/mol. The highest BCUT2D eigenvalue weighted by atomic mass is 15.5. The zero-order valence-electron chi connectivity index (χ0n) is 9.22. The summed E-state index contributed by atoms with van der Waals surface area (Å²) in [4.78, 5) is 0. The molecule has 1 atom stereocenters. The highest BCUT2D eigenvalue weighted by Crippen LogP contribution is 2.16. The third-order valence-corrected chi connectivity index (χ3v) is 2.42. The Bertz CT molecular complexity index is 435. The molecule has 0 aliphatic rings. The summed E-state index contributed by atoms with van der Waals surface area (Å²) in [5, 5.41) is 13.9. The first-order chi connectivity index (χ1) is 7.75. The van der Waals surface area contributed by atoms with Crippen molar-refractivity contribution < 1.29 is 0 Å². The summed E-state index contributed by atoms with van der Waals surface area (Å²) < 4.78 is 0. The van der Waals surface area contributed by atoms with Gasteiger partial charge in [0.05, 0.1) is 0 Å². The maximum Gasteiger partial charge on any atom is 0.204 e. The Hall–Kier alpha value is -1.75. The molecule has 0 aliphatic heterocycles. The maximum atomic E-state index is 5.73. The number of rotatable bonds is 4. The van der Waals surface area contributed by atoms with Crippen molar-refractivity contribution in [2.45, 2.75) is 25.8 Å². The van der Waals surface area contributed by atoms with Gasteiger partial charge in [-0.05, 0) is 36.6 Å². The third kappa shape index (κ3) is 2.64. The predicted octanol–water partition coefficient (Wildman–Crippen LogP) is 1.15. The molecule has 2 rings (SSSR count). The Labute approximate surface area is 94.1 Å². The molecular weight excluding hydrogens is 202 g/mol. The number of nitrogens with one attached hydrogen (secondary N) is 1. The Balaban J connectivity index is 2.14. The minimum atomic E-state index is 0.230. The Morgan fingerprint density at radius 1 is 1.44 bits per heavy atom. The van der Waals surface area contributed by atoms with Crippen LogP contribution in [0.3, 0.4) is 0 Å². The quantitative estimate of drug-likeness (QED) is 0.805. The highest BCUT2D eigenvalue weighted by molar-refractivity contribution is 5.54. The molecule has 0 saturated heterocycles. The summed E-state index contributed by atoms with van der Waals surface area (Å²) in [5.41, 5.74) is 7.97. The number of benzene rings is 1. The topological polar surface area (TPSA) is 80.5 Å². The third-order valence-electron chi connectivity index (χ3n) is 2.42. The number of aromatic amines is 1. The summed E-state index contributed by atoms with van der Waals surface area (Å²) in [6.45, 7) is 2.02. The van der Waals surface area contributed by atoms with Crippen LogP contribution in [0.1, 0.15) is 18.9 Å². The van der Waals surface area contributed by atoms with Gasteiger partial charge in [-0.3, -0.25) is 0 Å². The van der Waals surface area contributed by atoms with Crippen molar-refractivity contribution in [3.05, 3.63) is 29.8 Å². The van der Waals surface area contributed by atoms with E-state index in [1.807, 2.05) is 19.1 Å². The Morgan fingerprint density at radius 2 is 2.31 bits per heavy atom. The molecule has 2 aromatic rings. The minimum absolute atomic E-state index is 0.230. The smallest absolute Gasteiger partial charge is 0.204 e. The SMILES string of the molecule is C[C@H](N)CCc1cccc(-c2nn[nH]n2)c1. The van der Waals surface area contributed by atoms with Crippen molar-refractivity contribution in [1.29, 1.82) is 0 Å². The fourth-order valence-electron chi connectivity index (χ4n) is 1.54. The van der Waals surface area contributed by atoms with Crippen molar-refractivity contribution in [2.75, 3.05) is 0 Å². The number of aryl methyl sites for hydroxylation is 1. The van der Waals surface area contributed by atoms with E-state index < -0.39 is 0 Å². The van der Waals surface area contributed by atoms with Crippen LogP contribution < -0.4 is 5.73 Å². The largest absolute Gasteiger partial charge is 0.328 e. The predicted molar refractivity (Wildman–Crippen MR) is 61.6 cm³/mol. The molecule has 84 valence electrons. The average Bonchev–Trinajstić information content (AvgIpc) is 2.80. The summed E-state index contributed by atoms with van der Waals surface area (Å²) in [7, 11) is 0. The van der Waals surface area contributed by atoms with Crippen LogP contribution in [-0.4, -0.2) is 26.7 Å². The Kier molecular flexibility index (Phi) is 3.26. The molecule has 0 bridgehead atoms. The molecule has 1 aromatic carbocycles. The number of hydrogen-bond donors (Lipinski definition) is 2. The number of nitrogens with zero attached hydrogens (tertiary/aromatic N) is 3. The first-order valence-corrected chi connectivity index (χ1v) is 5.34. The van der Waals surface area contributed by atoms with Crippen molar-refractivity contribution in [3.8, 4) is 11.4 Å². The van der Waals surface area contributed by atoms with Crippen LogP contribution in [0.5, 0.6) is 0 Å². The first kappa shape index (κ1) is 10.8. The minimum Gasteiger partial charge on any atom is -0.328 e. The second-order valence-corrected chi connectivity index (χ2v) is 3.95. The average molecular weight is 217 g/mol. The van der Waals surface area contributed by atoms with E-state index in [0.29, 0.717) is 5.82 Å². The van der Waals surface area contributed by atoms with Crippen LogP contribution in [0.15, 0.2) is 24.3 Å². The van der Waals surface area contributed by atoms with Crippen LogP contribution in [0.25, 0.3) is 11.4 Å². The van der Waals surface area contributed by atoms with Gasteiger partial charge in [0.25, 0.3) is 0 Å². The second-order valence-electron chi connectivity index (χ2n) is 3.95. The van der Waals surface area contributed by atoms with E-state index in [1.165, 1.54) is 5.56 Å². The summed E-state index contributed by atoms with van der Waals surface area (Å²) in [6, 6.07) is 8.37. The van der Waals surface area contributed by atoms with Gasteiger partial charge >= 0.3 is 0 Å². The van der Waals surface area contributed by atoms with Gasteiger partial charge in [0.2, 0.25) is 5.82 Å². The molecule has 1 heterocycles. The van der Waals surface area contributed by atoms with E-state index in [1.54, 1.807) is 0 Å². The summed E-state index contributed by atoms with van der Waals surface area (Å²) >= 11 is 0. The van der Waals surface area contributed by atoms with Crippen molar-refractivity contribution in [3.63, 3.8) is 0 Å². The molecule has 0 saturated carbocycles. The van der Waals surface area contributed by atoms with E-state index in [9.17, 15) is 0 Å². The molecule has 0 spiro atoms. The maximum absolute atomic E-state index is 5.73. The molecular formula is C11H15N5. The highest BCUT2D eigenvalue weighted by Gasteiger charge is 2.04. The zero-order valence-corrected chi connectivity index (χ0v) is 9.22. The first-order valence-electron chi connectivity index (χ1n) is 5.34. The van der Waals surface area contributed by atoms with E-state index in [4.69, 9.17) is 5.73 Å². The van der Waals surface area contributed by atoms with Gasteiger partial charge < -0.3 is 5.73 Å². The number of hydrogen-bond acceptors (Lipinski definition) is 4.